The van der Waals surface area contributed by atoms with E-state index >= 15 is 0 Å². The van der Waals surface area contributed by atoms with Gasteiger partial charge in [-0.25, -0.2) is 4.79 Å². The highest BCUT2D eigenvalue weighted by atomic mass is 35.5. The summed E-state index contributed by atoms with van der Waals surface area (Å²) < 4.78 is 4.53. The van der Waals surface area contributed by atoms with Gasteiger partial charge in [0.05, 0.1) is 6.10 Å². The number of alkyl halides is 2. The van der Waals surface area contributed by atoms with Crippen molar-refractivity contribution < 1.29 is 9.53 Å². The lowest BCUT2D eigenvalue weighted by Crippen LogP contribution is -2.08. The maximum atomic E-state index is 11.5. The Bertz CT molecular complexity index is 462. The van der Waals surface area contributed by atoms with E-state index in [4.69, 9.17) is 27.9 Å². The summed E-state index contributed by atoms with van der Waals surface area (Å²) in [7, 11) is 0. The third-order valence-corrected chi connectivity index (χ3v) is 6.15. The molecule has 0 aliphatic heterocycles. The van der Waals surface area contributed by atoms with E-state index in [1.165, 1.54) is 6.08 Å². The monoisotopic (exact) mass is 360 g/mol. The van der Waals surface area contributed by atoms with Gasteiger partial charge in [-0.05, 0) is 45.1 Å². The Morgan fingerprint density at radius 1 is 1.26 bits per heavy atom. The summed E-state index contributed by atoms with van der Waals surface area (Å²) in [4.78, 5) is 11.5. The average Bonchev–Trinajstić information content (AvgIpc) is 2.75. The first kappa shape index (κ1) is 20.6. The molecule has 0 aromatic heterocycles. The van der Waals surface area contributed by atoms with E-state index in [0.717, 1.165) is 24.8 Å². The van der Waals surface area contributed by atoms with Gasteiger partial charge in [0.1, 0.15) is 4.33 Å². The van der Waals surface area contributed by atoms with Crippen LogP contribution in [0.5, 0.6) is 0 Å². The zero-order chi connectivity index (χ0) is 17.8. The molecule has 0 aromatic rings. The van der Waals surface area contributed by atoms with E-state index in [9.17, 15) is 4.79 Å². The van der Waals surface area contributed by atoms with Crippen LogP contribution < -0.4 is 0 Å². The number of carbonyl (C=O) groups is 1. The Kier molecular flexibility index (Phi) is 7.22. The van der Waals surface area contributed by atoms with Crippen molar-refractivity contribution in [3.63, 3.8) is 0 Å². The highest BCUT2D eigenvalue weighted by molar-refractivity contribution is 6.51. The minimum Gasteiger partial charge on any atom is -0.460 e. The molecule has 0 N–H and O–H groups in total. The van der Waals surface area contributed by atoms with Crippen LogP contribution in [-0.2, 0) is 9.53 Å². The Hall–Kier alpha value is -0.470. The fourth-order valence-electron chi connectivity index (χ4n) is 2.86. The van der Waals surface area contributed by atoms with Crippen LogP contribution in [0.25, 0.3) is 0 Å². The Labute approximate surface area is 151 Å². The standard InChI is InChI=1S/C19H30Cl2O2/c1-13(2)23-17(22)12-15(4)9-7-8-14(3)10-11-16-18(5,6)19(16,20)21/h7,9,12-14,16H,8,10-11H2,1-6H3/b9-7+,15-12+. The highest BCUT2D eigenvalue weighted by Crippen LogP contribution is 2.70. The van der Waals surface area contributed by atoms with Crippen molar-refractivity contribution in [1.29, 1.82) is 0 Å². The SMILES string of the molecule is CC(/C=C/CC(C)CCC1C(C)(C)C1(Cl)Cl)=C\C(=O)OC(C)C. The second-order valence-corrected chi connectivity index (χ2v) is 8.98. The molecule has 2 unspecified atom stereocenters. The van der Waals surface area contributed by atoms with Gasteiger partial charge in [0.25, 0.3) is 0 Å². The lowest BCUT2D eigenvalue weighted by atomic mass is 9.97. The van der Waals surface area contributed by atoms with Gasteiger partial charge in [-0.15, -0.1) is 23.2 Å². The fraction of sp³-hybridized carbons (Fsp3) is 0.737. The first-order valence-corrected chi connectivity index (χ1v) is 9.17. The van der Waals surface area contributed by atoms with E-state index in [2.05, 4.69) is 26.8 Å². The van der Waals surface area contributed by atoms with Crippen LogP contribution in [0, 0.1) is 17.3 Å². The number of esters is 1. The predicted octanol–water partition coefficient (Wildman–Crippen LogP) is 6.08. The molecule has 2 atom stereocenters. The number of rotatable bonds is 8. The van der Waals surface area contributed by atoms with Gasteiger partial charge in [-0.2, -0.15) is 0 Å². The lowest BCUT2D eigenvalue weighted by Gasteiger charge is -2.09. The van der Waals surface area contributed by atoms with Crippen LogP contribution in [-0.4, -0.2) is 16.4 Å². The maximum absolute atomic E-state index is 11.5. The Morgan fingerprint density at radius 2 is 1.83 bits per heavy atom. The third-order valence-electron chi connectivity index (χ3n) is 4.65. The van der Waals surface area contributed by atoms with Crippen molar-refractivity contribution in [2.75, 3.05) is 0 Å². The summed E-state index contributed by atoms with van der Waals surface area (Å²) in [6, 6.07) is 0. The molecule has 0 aromatic carbocycles. The molecular formula is C19H30Cl2O2. The molecule has 23 heavy (non-hydrogen) atoms. The van der Waals surface area contributed by atoms with Crippen molar-refractivity contribution >= 4 is 29.2 Å². The molecule has 1 aliphatic rings. The minimum atomic E-state index is -0.557. The molecule has 0 radical (unpaired) electrons. The van der Waals surface area contributed by atoms with Gasteiger partial charge in [0, 0.05) is 17.4 Å². The smallest absolute Gasteiger partial charge is 0.331 e. The summed E-state index contributed by atoms with van der Waals surface area (Å²) in [6.45, 7) is 12.1. The summed E-state index contributed by atoms with van der Waals surface area (Å²) in [6.07, 6.45) is 8.69. The number of halogens is 2. The van der Waals surface area contributed by atoms with Gasteiger partial charge in [-0.3, -0.25) is 0 Å². The molecular weight excluding hydrogens is 331 g/mol. The van der Waals surface area contributed by atoms with Gasteiger partial charge in [0.2, 0.25) is 0 Å². The van der Waals surface area contributed by atoms with Crippen molar-refractivity contribution in [3.05, 3.63) is 23.8 Å². The molecule has 1 fully saturated rings. The molecule has 0 saturated heterocycles. The van der Waals surface area contributed by atoms with Gasteiger partial charge < -0.3 is 4.74 Å². The summed E-state index contributed by atoms with van der Waals surface area (Å²) in [5.41, 5.74) is 0.939. The molecule has 1 saturated carbocycles. The van der Waals surface area contributed by atoms with Crippen LogP contribution in [0.4, 0.5) is 0 Å². The Morgan fingerprint density at radius 3 is 2.30 bits per heavy atom. The topological polar surface area (TPSA) is 26.3 Å². The minimum absolute atomic E-state index is 0.0295. The van der Waals surface area contributed by atoms with Gasteiger partial charge >= 0.3 is 5.97 Å². The first-order chi connectivity index (χ1) is 10.5. The number of hydrogen-bond donors (Lipinski definition) is 0. The predicted molar refractivity (Wildman–Crippen MR) is 98.8 cm³/mol. The van der Waals surface area contributed by atoms with Crippen LogP contribution in [0.15, 0.2) is 23.8 Å². The molecule has 0 bridgehead atoms. The molecule has 4 heteroatoms. The Balaban J connectivity index is 2.32. The number of carbonyl (C=O) groups excluding carboxylic acids is 1. The summed E-state index contributed by atoms with van der Waals surface area (Å²) in [5.74, 6) is 0.672. The fourth-order valence-corrected chi connectivity index (χ4v) is 3.77. The summed E-state index contributed by atoms with van der Waals surface area (Å²) in [5, 5.41) is 0. The zero-order valence-corrected chi connectivity index (χ0v) is 16.7. The van der Waals surface area contributed by atoms with Crippen molar-refractivity contribution in [2.24, 2.45) is 17.3 Å². The summed E-state index contributed by atoms with van der Waals surface area (Å²) >= 11 is 12.6. The average molecular weight is 361 g/mol. The zero-order valence-electron chi connectivity index (χ0n) is 15.2. The number of allylic oxidation sites excluding steroid dienone is 3. The second kappa shape index (κ2) is 8.07. The van der Waals surface area contributed by atoms with Crippen LogP contribution in [0.3, 0.4) is 0 Å². The van der Waals surface area contributed by atoms with Gasteiger partial charge in [0.15, 0.2) is 0 Å². The van der Waals surface area contributed by atoms with Crippen LogP contribution >= 0.6 is 23.2 Å². The number of ether oxygens (including phenoxy) is 1. The van der Waals surface area contributed by atoms with Crippen LogP contribution in [0.1, 0.15) is 60.8 Å². The van der Waals surface area contributed by atoms with E-state index in [0.29, 0.717) is 11.8 Å². The molecule has 0 amide bonds. The third kappa shape index (κ3) is 5.83. The quantitative estimate of drug-likeness (QED) is 0.227. The van der Waals surface area contributed by atoms with E-state index in [1.807, 2.05) is 26.8 Å². The first-order valence-electron chi connectivity index (χ1n) is 8.41. The van der Waals surface area contributed by atoms with Crippen molar-refractivity contribution in [3.8, 4) is 0 Å². The molecule has 1 rings (SSSR count). The molecule has 2 nitrogen and oxygen atoms in total. The van der Waals surface area contributed by atoms with E-state index in [-0.39, 0.29) is 17.5 Å². The largest absolute Gasteiger partial charge is 0.460 e. The second-order valence-electron chi connectivity index (χ2n) is 7.59. The van der Waals surface area contributed by atoms with E-state index < -0.39 is 4.33 Å². The van der Waals surface area contributed by atoms with Crippen molar-refractivity contribution in [2.45, 2.75) is 71.2 Å². The van der Waals surface area contributed by atoms with Crippen LogP contribution in [0.2, 0.25) is 0 Å². The maximum Gasteiger partial charge on any atom is 0.331 e. The molecule has 0 spiro atoms. The van der Waals surface area contributed by atoms with Gasteiger partial charge in [-0.1, -0.05) is 39.3 Å². The molecule has 0 heterocycles. The van der Waals surface area contributed by atoms with Crippen molar-refractivity contribution in [1.82, 2.24) is 0 Å². The molecule has 132 valence electrons. The normalized spacial score (nSPS) is 24.0. The van der Waals surface area contributed by atoms with E-state index in [1.54, 1.807) is 0 Å². The number of hydrogen-bond acceptors (Lipinski definition) is 2. The highest BCUT2D eigenvalue weighted by Gasteiger charge is 2.69. The molecule has 1 aliphatic carbocycles. The lowest BCUT2D eigenvalue weighted by molar-refractivity contribution is -0.141.